The predicted molar refractivity (Wildman–Crippen MR) is 102 cm³/mol. The van der Waals surface area contributed by atoms with E-state index in [9.17, 15) is 13.6 Å². The number of piperazine rings is 1. The molecule has 4 nitrogen and oxygen atoms in total. The van der Waals surface area contributed by atoms with Crippen molar-refractivity contribution >= 4 is 17.3 Å². The highest BCUT2D eigenvalue weighted by molar-refractivity contribution is 6.04. The topological polar surface area (TPSA) is 35.6 Å². The largest absolute Gasteiger partial charge is 0.369 e. The second kappa shape index (κ2) is 7.64. The molecular weight excluding hydrogens is 348 g/mol. The van der Waals surface area contributed by atoms with E-state index in [4.69, 9.17) is 0 Å². The molecule has 0 radical (unpaired) electrons. The molecule has 1 amide bonds. The normalized spacial score (nSPS) is 17.8. The van der Waals surface area contributed by atoms with Crippen LogP contribution >= 0.6 is 0 Å². The second-order valence-electron chi connectivity index (χ2n) is 7.36. The minimum atomic E-state index is -0.739. The lowest BCUT2D eigenvalue weighted by Gasteiger charge is -2.36. The zero-order valence-electron chi connectivity index (χ0n) is 15.1. The summed E-state index contributed by atoms with van der Waals surface area (Å²) in [7, 11) is 0. The van der Waals surface area contributed by atoms with E-state index < -0.39 is 17.5 Å². The Balaban J connectivity index is 1.40. The average molecular weight is 371 g/mol. The summed E-state index contributed by atoms with van der Waals surface area (Å²) in [5, 5.41) is 2.67. The Hall–Kier alpha value is -2.47. The van der Waals surface area contributed by atoms with Crippen molar-refractivity contribution in [2.75, 3.05) is 42.9 Å². The van der Waals surface area contributed by atoms with E-state index in [1.807, 2.05) is 18.2 Å². The standard InChI is InChI=1S/C21H23F2N3O/c22-16-6-7-20(23)19(12-16)21(27)24-17-2-1-3-18(13-17)26-10-8-25(9-11-26)14-15-4-5-15/h1-3,6-7,12-13,15H,4-5,8-11,14H2,(H,24,27). The monoisotopic (exact) mass is 371 g/mol. The molecule has 0 bridgehead atoms. The van der Waals surface area contributed by atoms with Gasteiger partial charge in [0.25, 0.3) is 5.91 Å². The lowest BCUT2D eigenvalue weighted by Crippen LogP contribution is -2.47. The summed E-state index contributed by atoms with van der Waals surface area (Å²) in [4.78, 5) is 17.1. The van der Waals surface area contributed by atoms with Crippen molar-refractivity contribution in [3.8, 4) is 0 Å². The Morgan fingerprint density at radius 1 is 1.04 bits per heavy atom. The number of rotatable bonds is 5. The molecule has 1 N–H and O–H groups in total. The van der Waals surface area contributed by atoms with Crippen molar-refractivity contribution in [3.05, 3.63) is 59.7 Å². The molecule has 0 aromatic heterocycles. The number of benzene rings is 2. The van der Waals surface area contributed by atoms with Gasteiger partial charge in [0, 0.05) is 44.1 Å². The number of hydrogen-bond donors (Lipinski definition) is 1. The van der Waals surface area contributed by atoms with Crippen LogP contribution in [0.25, 0.3) is 0 Å². The Kier molecular flexibility index (Phi) is 5.07. The third kappa shape index (κ3) is 4.45. The third-order valence-corrected chi connectivity index (χ3v) is 5.23. The molecule has 1 saturated carbocycles. The van der Waals surface area contributed by atoms with Crippen LogP contribution < -0.4 is 10.2 Å². The van der Waals surface area contributed by atoms with Crippen molar-refractivity contribution < 1.29 is 13.6 Å². The van der Waals surface area contributed by atoms with E-state index in [0.29, 0.717) is 5.69 Å². The van der Waals surface area contributed by atoms with Gasteiger partial charge in [-0.1, -0.05) is 6.07 Å². The fourth-order valence-electron chi connectivity index (χ4n) is 3.50. The summed E-state index contributed by atoms with van der Waals surface area (Å²) in [6.07, 6.45) is 2.74. The fourth-order valence-corrected chi connectivity index (χ4v) is 3.50. The van der Waals surface area contributed by atoms with E-state index in [2.05, 4.69) is 15.1 Å². The van der Waals surface area contributed by atoms with Gasteiger partial charge in [0.2, 0.25) is 0 Å². The molecule has 1 aliphatic heterocycles. The van der Waals surface area contributed by atoms with Crippen molar-refractivity contribution in [2.24, 2.45) is 5.92 Å². The number of halogens is 2. The van der Waals surface area contributed by atoms with Crippen LogP contribution in [0.5, 0.6) is 0 Å². The van der Waals surface area contributed by atoms with Crippen LogP contribution in [-0.4, -0.2) is 43.5 Å². The van der Waals surface area contributed by atoms with Crippen molar-refractivity contribution in [1.29, 1.82) is 0 Å². The van der Waals surface area contributed by atoms with Gasteiger partial charge in [-0.2, -0.15) is 0 Å². The van der Waals surface area contributed by atoms with Crippen LogP contribution in [0.3, 0.4) is 0 Å². The van der Waals surface area contributed by atoms with Gasteiger partial charge in [0.15, 0.2) is 0 Å². The number of nitrogens with zero attached hydrogens (tertiary/aromatic N) is 2. The molecule has 0 unspecified atom stereocenters. The van der Waals surface area contributed by atoms with E-state index in [-0.39, 0.29) is 5.56 Å². The molecule has 1 aliphatic carbocycles. The van der Waals surface area contributed by atoms with Gasteiger partial charge in [-0.05, 0) is 55.2 Å². The number of carbonyl (C=O) groups is 1. The van der Waals surface area contributed by atoms with Crippen LogP contribution in [-0.2, 0) is 0 Å². The van der Waals surface area contributed by atoms with Crippen molar-refractivity contribution in [3.63, 3.8) is 0 Å². The maximum absolute atomic E-state index is 13.8. The molecule has 6 heteroatoms. The SMILES string of the molecule is O=C(Nc1cccc(N2CCN(CC3CC3)CC2)c1)c1cc(F)ccc1F. The summed E-state index contributed by atoms with van der Waals surface area (Å²) < 4.78 is 27.1. The van der Waals surface area contributed by atoms with Gasteiger partial charge in [-0.3, -0.25) is 9.69 Å². The van der Waals surface area contributed by atoms with E-state index in [1.54, 1.807) is 6.07 Å². The highest BCUT2D eigenvalue weighted by Crippen LogP contribution is 2.30. The Morgan fingerprint density at radius 3 is 2.56 bits per heavy atom. The van der Waals surface area contributed by atoms with Gasteiger partial charge >= 0.3 is 0 Å². The molecule has 27 heavy (non-hydrogen) atoms. The minimum absolute atomic E-state index is 0.297. The Morgan fingerprint density at radius 2 is 1.81 bits per heavy atom. The van der Waals surface area contributed by atoms with Gasteiger partial charge < -0.3 is 10.2 Å². The molecule has 2 aliphatic rings. The van der Waals surface area contributed by atoms with Crippen LogP contribution in [0.2, 0.25) is 0 Å². The lowest BCUT2D eigenvalue weighted by molar-refractivity contribution is 0.102. The number of anilines is 2. The molecule has 1 saturated heterocycles. The first-order valence-corrected chi connectivity index (χ1v) is 9.42. The van der Waals surface area contributed by atoms with Gasteiger partial charge in [0.05, 0.1) is 5.56 Å². The molecule has 4 rings (SSSR count). The fraction of sp³-hybridized carbons (Fsp3) is 0.381. The predicted octanol–water partition coefficient (Wildman–Crippen LogP) is 3.75. The minimum Gasteiger partial charge on any atom is -0.369 e. The van der Waals surface area contributed by atoms with Gasteiger partial charge in [-0.15, -0.1) is 0 Å². The summed E-state index contributed by atoms with van der Waals surface area (Å²) in [5.41, 5.74) is 1.30. The highest BCUT2D eigenvalue weighted by Gasteiger charge is 2.26. The Bertz CT molecular complexity index is 830. The smallest absolute Gasteiger partial charge is 0.258 e. The first kappa shape index (κ1) is 17.9. The molecule has 2 fully saturated rings. The maximum atomic E-state index is 13.8. The highest BCUT2D eigenvalue weighted by atomic mass is 19.1. The van der Waals surface area contributed by atoms with E-state index in [1.165, 1.54) is 19.4 Å². The maximum Gasteiger partial charge on any atom is 0.258 e. The zero-order chi connectivity index (χ0) is 18.8. The van der Waals surface area contributed by atoms with Gasteiger partial charge in [0.1, 0.15) is 11.6 Å². The first-order valence-electron chi connectivity index (χ1n) is 9.42. The summed E-state index contributed by atoms with van der Waals surface area (Å²) in [6.45, 7) is 5.19. The Labute approximate surface area is 157 Å². The number of carbonyl (C=O) groups excluding carboxylic acids is 1. The molecular formula is C21H23F2N3O. The van der Waals surface area contributed by atoms with Crippen molar-refractivity contribution in [1.82, 2.24) is 4.90 Å². The van der Waals surface area contributed by atoms with E-state index >= 15 is 0 Å². The number of nitrogens with one attached hydrogen (secondary N) is 1. The number of amides is 1. The average Bonchev–Trinajstić information content (AvgIpc) is 3.48. The van der Waals surface area contributed by atoms with Crippen LogP contribution in [0.4, 0.5) is 20.2 Å². The molecule has 0 atom stereocenters. The van der Waals surface area contributed by atoms with Crippen LogP contribution in [0.1, 0.15) is 23.2 Å². The second-order valence-corrected chi connectivity index (χ2v) is 7.36. The summed E-state index contributed by atoms with van der Waals surface area (Å²) in [6, 6.07) is 10.4. The number of hydrogen-bond acceptors (Lipinski definition) is 3. The first-order chi connectivity index (χ1) is 13.1. The summed E-state index contributed by atoms with van der Waals surface area (Å²) in [5.74, 6) is -1.13. The van der Waals surface area contributed by atoms with Crippen LogP contribution in [0, 0.1) is 17.6 Å². The molecule has 1 heterocycles. The van der Waals surface area contributed by atoms with Gasteiger partial charge in [-0.25, -0.2) is 8.78 Å². The summed E-state index contributed by atoms with van der Waals surface area (Å²) >= 11 is 0. The molecule has 142 valence electrons. The molecule has 2 aromatic rings. The lowest BCUT2D eigenvalue weighted by atomic mass is 10.1. The van der Waals surface area contributed by atoms with E-state index in [0.717, 1.165) is 56.0 Å². The quantitative estimate of drug-likeness (QED) is 0.870. The molecule has 0 spiro atoms. The van der Waals surface area contributed by atoms with Crippen LogP contribution in [0.15, 0.2) is 42.5 Å². The zero-order valence-corrected chi connectivity index (χ0v) is 15.1. The molecule has 2 aromatic carbocycles. The third-order valence-electron chi connectivity index (χ3n) is 5.23. The van der Waals surface area contributed by atoms with Crippen molar-refractivity contribution in [2.45, 2.75) is 12.8 Å².